The van der Waals surface area contributed by atoms with Crippen molar-refractivity contribution in [2.45, 2.75) is 66.2 Å². The van der Waals surface area contributed by atoms with E-state index >= 15 is 0 Å². The predicted octanol–water partition coefficient (Wildman–Crippen LogP) is 8.05. The van der Waals surface area contributed by atoms with Crippen LogP contribution in [0.2, 0.25) is 0 Å². The molecule has 1 aliphatic rings. The van der Waals surface area contributed by atoms with Crippen molar-refractivity contribution >= 4 is 17.4 Å². The molecule has 1 fully saturated rings. The summed E-state index contributed by atoms with van der Waals surface area (Å²) in [6.07, 6.45) is 6.54. The van der Waals surface area contributed by atoms with Gasteiger partial charge in [0, 0.05) is 22.9 Å². The summed E-state index contributed by atoms with van der Waals surface area (Å²) in [5.74, 6) is 1.97. The molecule has 3 rings (SSSR count). The first-order valence-corrected chi connectivity index (χ1v) is 17.0. The summed E-state index contributed by atoms with van der Waals surface area (Å²) in [5.41, 5.74) is 4.89. The van der Waals surface area contributed by atoms with Gasteiger partial charge in [0.2, 0.25) is 5.91 Å². The average molecular weight is 732 g/mol. The standard InChI is InChI=1S/C17H24NO2.C11H14O.3FH.U/c1-4-13-6-8-14(9-7-13)17(19)18-15-10-5-12(2)16(11-15)20-3;1-4-10-8(2)6-5-7-11(10)9(3)12;;;;/h5,10-11,13-14H,2,4,6-9H2,1,3H3,(H,18,19);5-7H,4H2,1-3H3;3*1H;/q-1;;;;;+3/p-3. The number of anilines is 1. The molecular weight excluding hydrogens is 693 g/mol. The van der Waals surface area contributed by atoms with Gasteiger partial charge in [0.1, 0.15) is 0 Å². The van der Waals surface area contributed by atoms with Crippen molar-refractivity contribution < 1.29 is 48.7 Å². The van der Waals surface area contributed by atoms with Crippen molar-refractivity contribution in [3.63, 3.8) is 0 Å². The van der Waals surface area contributed by atoms with Gasteiger partial charge in [-0.1, -0.05) is 50.6 Å². The number of nitrogens with one attached hydrogen (secondary N) is 1. The van der Waals surface area contributed by atoms with E-state index in [0.29, 0.717) is 5.75 Å². The molecule has 0 aliphatic heterocycles. The number of aryl methyl sites for hydroxylation is 1. The van der Waals surface area contributed by atoms with Crippen LogP contribution in [-0.2, 0) is 11.2 Å². The number of hydrogen-bond acceptors (Lipinski definition) is 3. The Hall–Kier alpha value is -1.91. The fraction of sp³-hybridized carbons (Fsp3) is 0.464. The van der Waals surface area contributed by atoms with Gasteiger partial charge in [0.25, 0.3) is 0 Å². The molecule has 1 amide bonds. The van der Waals surface area contributed by atoms with E-state index in [0.717, 1.165) is 42.0 Å². The van der Waals surface area contributed by atoms with E-state index in [2.05, 4.69) is 26.1 Å². The van der Waals surface area contributed by atoms with E-state index in [1.165, 1.54) is 30.4 Å². The molecule has 1 N–H and O–H groups in total. The van der Waals surface area contributed by atoms with Gasteiger partial charge in [-0.05, 0) is 63.0 Å². The molecule has 1 saturated carbocycles. The summed E-state index contributed by atoms with van der Waals surface area (Å²) in [7, 11) is 1.61. The van der Waals surface area contributed by atoms with Crippen LogP contribution in [0.25, 0.3) is 0 Å². The van der Waals surface area contributed by atoms with Gasteiger partial charge in [-0.25, -0.2) is 0 Å². The second kappa shape index (κ2) is 16.8. The van der Waals surface area contributed by atoms with E-state index < -0.39 is 28.1 Å². The summed E-state index contributed by atoms with van der Waals surface area (Å²) < 4.78 is 34.9. The zero-order chi connectivity index (χ0) is 27.3. The normalized spacial score (nSPS) is 16.4. The number of methoxy groups -OCH3 is 1. The number of amides is 1. The predicted molar refractivity (Wildman–Crippen MR) is 136 cm³/mol. The first kappa shape index (κ1) is 32.1. The number of rotatable bonds is 6. The van der Waals surface area contributed by atoms with Crippen molar-refractivity contribution in [3.05, 3.63) is 65.6 Å². The average Bonchev–Trinajstić information content (AvgIpc) is 2.85. The quantitative estimate of drug-likeness (QED) is 0.242. The van der Waals surface area contributed by atoms with E-state index in [-0.39, 0.29) is 17.6 Å². The first-order chi connectivity index (χ1) is 17.0. The molecule has 0 spiro atoms. The third-order valence-corrected chi connectivity index (χ3v) is 6.49. The summed E-state index contributed by atoms with van der Waals surface area (Å²) in [5, 5.41) is 3.00. The van der Waals surface area contributed by atoms with E-state index in [1.807, 2.05) is 43.3 Å². The Morgan fingerprint density at radius 3 is 2.17 bits per heavy atom. The van der Waals surface area contributed by atoms with Gasteiger partial charge in [-0.15, -0.1) is 0 Å². The van der Waals surface area contributed by atoms with Crippen LogP contribution >= 0.6 is 0 Å². The number of halogens is 3. The van der Waals surface area contributed by atoms with Gasteiger partial charge in [0.05, 0.1) is 7.11 Å². The minimum absolute atomic E-state index is 0.137. The Morgan fingerprint density at radius 2 is 1.69 bits per heavy atom. The van der Waals surface area contributed by atoms with E-state index in [9.17, 15) is 15.9 Å². The molecule has 8 heteroatoms. The van der Waals surface area contributed by atoms with Crippen LogP contribution in [-0.4, -0.2) is 18.8 Å². The number of ketones is 1. The van der Waals surface area contributed by atoms with Crippen molar-refractivity contribution in [2.75, 3.05) is 12.4 Å². The molecule has 4 nitrogen and oxygen atoms in total. The van der Waals surface area contributed by atoms with Gasteiger partial charge in [-0.3, -0.25) is 9.59 Å². The number of carbonyl (C=O) groups is 2. The SMILES string of the molecule is CCc1c(C)cccc1C(C)=O.[CH2-]c1ccc(NC(=O)C2CCC(CC)CC2)cc1OC.[F][U]([F])[F]. The zero-order valence-electron chi connectivity index (χ0n) is 21.9. The van der Waals surface area contributed by atoms with Crippen molar-refractivity contribution in [1.82, 2.24) is 0 Å². The summed E-state index contributed by atoms with van der Waals surface area (Å²) in [4.78, 5) is 23.5. The maximum absolute atomic E-state index is 12.3. The molecular formula is C28H38F3NO3U-. The number of carbonyl (C=O) groups excluding carboxylic acids is 2. The topological polar surface area (TPSA) is 55.4 Å². The van der Waals surface area contributed by atoms with Gasteiger partial charge in [0.15, 0.2) is 5.78 Å². The third-order valence-electron chi connectivity index (χ3n) is 6.49. The molecule has 0 bridgehead atoms. The number of ether oxygens (including phenoxy) is 1. The molecule has 2 aromatic rings. The van der Waals surface area contributed by atoms with Gasteiger partial charge in [-0.2, -0.15) is 18.6 Å². The van der Waals surface area contributed by atoms with Crippen LogP contribution in [0, 0.1) is 53.8 Å². The zero-order valence-corrected chi connectivity index (χ0v) is 26.1. The molecule has 0 heterocycles. The van der Waals surface area contributed by atoms with Crippen LogP contribution in [0.3, 0.4) is 0 Å². The fourth-order valence-electron chi connectivity index (χ4n) is 4.40. The summed E-state index contributed by atoms with van der Waals surface area (Å²) >= 11 is -5.23. The Morgan fingerprint density at radius 1 is 1.08 bits per heavy atom. The van der Waals surface area contributed by atoms with Gasteiger partial charge < -0.3 is 10.1 Å². The molecule has 0 unspecified atom stereocenters. The molecule has 2 aromatic carbocycles. The van der Waals surface area contributed by atoms with Crippen molar-refractivity contribution in [1.29, 1.82) is 0 Å². The van der Waals surface area contributed by atoms with Crippen molar-refractivity contribution in [3.8, 4) is 5.75 Å². The van der Waals surface area contributed by atoms with Crippen LogP contribution in [0.15, 0.2) is 36.4 Å². The van der Waals surface area contributed by atoms with Gasteiger partial charge >= 0.3 is 34.4 Å². The molecule has 0 saturated heterocycles. The molecule has 0 atom stereocenters. The van der Waals surface area contributed by atoms with E-state index in [4.69, 9.17) is 4.74 Å². The number of hydrogen-bond donors (Lipinski definition) is 1. The summed E-state index contributed by atoms with van der Waals surface area (Å²) in [6.45, 7) is 11.9. The first-order valence-electron chi connectivity index (χ1n) is 12.3. The second-order valence-corrected chi connectivity index (χ2v) is 10.7. The molecule has 199 valence electrons. The summed E-state index contributed by atoms with van der Waals surface area (Å²) in [6, 6.07) is 11.4. The third kappa shape index (κ3) is 11.0. The maximum atomic E-state index is 12.3. The Bertz CT molecular complexity index is 974. The number of Topliss-reactive ketones (excluding diaryl/α,β-unsaturated/α-hetero) is 1. The fourth-order valence-corrected chi connectivity index (χ4v) is 4.40. The van der Waals surface area contributed by atoms with Crippen LogP contribution in [0.4, 0.5) is 12.0 Å². The molecule has 0 radical (unpaired) electrons. The number of benzene rings is 2. The monoisotopic (exact) mass is 731 g/mol. The molecule has 1 aliphatic carbocycles. The van der Waals surface area contributed by atoms with E-state index in [1.54, 1.807) is 14.0 Å². The Labute approximate surface area is 227 Å². The Balaban J connectivity index is 0.000000343. The molecule has 36 heavy (non-hydrogen) atoms. The van der Waals surface area contributed by atoms with Crippen LogP contribution < -0.4 is 10.1 Å². The van der Waals surface area contributed by atoms with Crippen LogP contribution in [0.5, 0.6) is 5.75 Å². The van der Waals surface area contributed by atoms with Crippen molar-refractivity contribution in [2.24, 2.45) is 11.8 Å². The second-order valence-electron chi connectivity index (χ2n) is 8.87. The van der Waals surface area contributed by atoms with Crippen LogP contribution in [0.1, 0.15) is 79.9 Å². The Kier molecular flexibility index (Phi) is 15.0. The molecule has 0 aromatic heterocycles. The minimum atomic E-state index is -5.23.